The van der Waals surface area contributed by atoms with E-state index in [0.717, 1.165) is 35.2 Å². The van der Waals surface area contributed by atoms with Gasteiger partial charge in [0.05, 0.1) is 6.61 Å². The van der Waals surface area contributed by atoms with Crippen LogP contribution in [0.3, 0.4) is 0 Å². The smallest absolute Gasteiger partial charge is 0.298 e. The van der Waals surface area contributed by atoms with E-state index >= 15 is 0 Å². The summed E-state index contributed by atoms with van der Waals surface area (Å²) in [5.41, 5.74) is 4.55. The van der Waals surface area contributed by atoms with Crippen molar-refractivity contribution in [2.75, 3.05) is 11.9 Å². The molecule has 0 spiro atoms. The Labute approximate surface area is 216 Å². The highest BCUT2D eigenvalue weighted by atomic mass is 16.5. The molecule has 1 N–H and O–H groups in total. The van der Waals surface area contributed by atoms with E-state index in [9.17, 15) is 9.59 Å². The Morgan fingerprint density at radius 3 is 2.32 bits per heavy atom. The summed E-state index contributed by atoms with van der Waals surface area (Å²) >= 11 is 0. The maximum atomic E-state index is 13.1. The molecular formula is C31H29N3O3. The van der Waals surface area contributed by atoms with E-state index in [1.54, 1.807) is 28.9 Å². The highest BCUT2D eigenvalue weighted by Crippen LogP contribution is 2.28. The quantitative estimate of drug-likeness (QED) is 0.205. The molecule has 0 unspecified atom stereocenters. The van der Waals surface area contributed by atoms with Gasteiger partial charge in [-0.05, 0) is 55.3 Å². The summed E-state index contributed by atoms with van der Waals surface area (Å²) in [5, 5.41) is 2.70. The molecule has 3 heterocycles. The molecule has 6 heteroatoms. The summed E-state index contributed by atoms with van der Waals surface area (Å²) in [7, 11) is 0. The van der Waals surface area contributed by atoms with Crippen molar-refractivity contribution >= 4 is 22.9 Å². The van der Waals surface area contributed by atoms with Crippen molar-refractivity contribution in [3.8, 4) is 17.0 Å². The van der Waals surface area contributed by atoms with Crippen LogP contribution in [0.25, 0.3) is 16.6 Å². The fourth-order valence-electron chi connectivity index (χ4n) is 3.76. The van der Waals surface area contributed by atoms with E-state index in [1.165, 1.54) is 0 Å². The Balaban J connectivity index is 0.000000270. The van der Waals surface area contributed by atoms with Crippen LogP contribution in [-0.2, 0) is 4.79 Å². The number of carbonyl (C=O) groups excluding carboxylic acids is 2. The third kappa shape index (κ3) is 6.49. The maximum absolute atomic E-state index is 13.1. The molecular weight excluding hydrogens is 462 g/mol. The van der Waals surface area contributed by atoms with Gasteiger partial charge >= 0.3 is 0 Å². The number of hydrogen-bond donors (Lipinski definition) is 1. The standard InChI is InChI=1S/C23H18N2O2.C8H11NO/c1-16-10-12-18(13-11-16)24-23(27)22(26)21-20(17-7-3-2-4-8-17)15-19-9-5-6-14-25(19)21;1-2-7-10-8-5-3-4-6-9-8/h2-15H,1H3,(H,24,27);3-6H,2,7H2,1H3. The van der Waals surface area contributed by atoms with Crippen LogP contribution in [0.4, 0.5) is 5.69 Å². The Hall–Kier alpha value is -4.71. The first-order chi connectivity index (χ1) is 18.1. The molecule has 0 atom stereocenters. The van der Waals surface area contributed by atoms with Crippen LogP contribution in [0.5, 0.6) is 5.88 Å². The van der Waals surface area contributed by atoms with Crippen LogP contribution in [-0.4, -0.2) is 27.7 Å². The van der Waals surface area contributed by atoms with Crippen molar-refractivity contribution in [1.29, 1.82) is 0 Å². The molecule has 0 saturated heterocycles. The predicted molar refractivity (Wildman–Crippen MR) is 147 cm³/mol. The van der Waals surface area contributed by atoms with Gasteiger partial charge in [-0.2, -0.15) is 0 Å². The zero-order valence-electron chi connectivity index (χ0n) is 20.9. The SMILES string of the molecule is CCCOc1ccccn1.Cc1ccc(NC(=O)C(=O)c2c(-c3ccccc3)cc3ccccn23)cc1. The summed E-state index contributed by atoms with van der Waals surface area (Å²) in [6, 6.07) is 30.2. The van der Waals surface area contributed by atoms with Crippen LogP contribution in [0.2, 0.25) is 0 Å². The van der Waals surface area contributed by atoms with Crippen molar-refractivity contribution in [2.45, 2.75) is 20.3 Å². The summed E-state index contributed by atoms with van der Waals surface area (Å²) in [5.74, 6) is -0.509. The van der Waals surface area contributed by atoms with E-state index in [1.807, 2.05) is 91.9 Å². The number of carbonyl (C=O) groups is 2. The highest BCUT2D eigenvalue weighted by molar-refractivity contribution is 6.47. The van der Waals surface area contributed by atoms with Crippen molar-refractivity contribution in [3.63, 3.8) is 0 Å². The molecule has 0 radical (unpaired) electrons. The maximum Gasteiger partial charge on any atom is 0.298 e. The van der Waals surface area contributed by atoms with Crippen molar-refractivity contribution in [1.82, 2.24) is 9.38 Å². The van der Waals surface area contributed by atoms with Crippen LogP contribution in [0.1, 0.15) is 29.4 Å². The van der Waals surface area contributed by atoms with Gasteiger partial charge in [0.1, 0.15) is 5.69 Å². The zero-order valence-corrected chi connectivity index (χ0v) is 20.9. The molecule has 0 aliphatic heterocycles. The Kier molecular flexibility index (Phi) is 8.45. The third-order valence-corrected chi connectivity index (χ3v) is 5.59. The largest absolute Gasteiger partial charge is 0.478 e. The van der Waals surface area contributed by atoms with Crippen molar-refractivity contribution in [3.05, 3.63) is 121 Å². The van der Waals surface area contributed by atoms with E-state index in [0.29, 0.717) is 17.3 Å². The van der Waals surface area contributed by atoms with E-state index in [4.69, 9.17) is 4.74 Å². The molecule has 186 valence electrons. The molecule has 0 saturated carbocycles. The van der Waals surface area contributed by atoms with Gasteiger partial charge in [-0.25, -0.2) is 4.98 Å². The first-order valence-corrected chi connectivity index (χ1v) is 12.2. The highest BCUT2D eigenvalue weighted by Gasteiger charge is 2.24. The monoisotopic (exact) mass is 491 g/mol. The van der Waals surface area contributed by atoms with Gasteiger partial charge in [0.25, 0.3) is 11.7 Å². The molecule has 0 bridgehead atoms. The first kappa shape index (κ1) is 25.4. The van der Waals surface area contributed by atoms with Crippen LogP contribution in [0.15, 0.2) is 109 Å². The Morgan fingerprint density at radius 1 is 0.892 bits per heavy atom. The normalized spacial score (nSPS) is 10.3. The summed E-state index contributed by atoms with van der Waals surface area (Å²) in [6.45, 7) is 4.79. The van der Waals surface area contributed by atoms with Crippen molar-refractivity contribution < 1.29 is 14.3 Å². The molecule has 0 aliphatic rings. The number of fused-ring (bicyclic) bond motifs is 1. The number of aromatic nitrogens is 2. The average molecular weight is 492 g/mol. The number of benzene rings is 2. The molecule has 6 nitrogen and oxygen atoms in total. The summed E-state index contributed by atoms with van der Waals surface area (Å²) < 4.78 is 7.01. The molecule has 3 aromatic heterocycles. The van der Waals surface area contributed by atoms with Gasteiger partial charge in [-0.15, -0.1) is 0 Å². The van der Waals surface area contributed by atoms with E-state index < -0.39 is 11.7 Å². The fourth-order valence-corrected chi connectivity index (χ4v) is 3.76. The number of amides is 1. The summed E-state index contributed by atoms with van der Waals surface area (Å²) in [4.78, 5) is 29.7. The summed E-state index contributed by atoms with van der Waals surface area (Å²) in [6.07, 6.45) is 4.55. The Morgan fingerprint density at radius 2 is 1.62 bits per heavy atom. The number of aryl methyl sites for hydroxylation is 1. The second kappa shape index (κ2) is 12.3. The number of anilines is 1. The number of rotatable bonds is 7. The first-order valence-electron chi connectivity index (χ1n) is 12.2. The van der Waals surface area contributed by atoms with E-state index in [-0.39, 0.29) is 0 Å². The van der Waals surface area contributed by atoms with Gasteiger partial charge in [-0.1, -0.05) is 67.1 Å². The lowest BCUT2D eigenvalue weighted by Gasteiger charge is -2.08. The molecule has 0 fully saturated rings. The van der Waals surface area contributed by atoms with Gasteiger partial charge in [0, 0.05) is 35.2 Å². The molecule has 0 aliphatic carbocycles. The number of ketones is 1. The lowest BCUT2D eigenvalue weighted by molar-refractivity contribution is -0.112. The van der Waals surface area contributed by atoms with Gasteiger partial charge in [0.15, 0.2) is 0 Å². The fraction of sp³-hybridized carbons (Fsp3) is 0.129. The topological polar surface area (TPSA) is 72.7 Å². The van der Waals surface area contributed by atoms with Gasteiger partial charge < -0.3 is 14.5 Å². The number of nitrogens with zero attached hydrogens (tertiary/aromatic N) is 2. The molecule has 2 aromatic carbocycles. The lowest BCUT2D eigenvalue weighted by atomic mass is 10.0. The number of nitrogens with one attached hydrogen (secondary N) is 1. The molecule has 5 rings (SSSR count). The average Bonchev–Trinajstić information content (AvgIpc) is 3.34. The minimum atomic E-state index is -0.653. The Bertz CT molecular complexity index is 1460. The van der Waals surface area contributed by atoms with Crippen LogP contribution in [0, 0.1) is 6.92 Å². The second-order valence-electron chi connectivity index (χ2n) is 8.43. The van der Waals surface area contributed by atoms with E-state index in [2.05, 4.69) is 17.2 Å². The van der Waals surface area contributed by atoms with Gasteiger partial charge in [-0.3, -0.25) is 9.59 Å². The number of hydrogen-bond acceptors (Lipinski definition) is 4. The van der Waals surface area contributed by atoms with Gasteiger partial charge in [0.2, 0.25) is 5.88 Å². The number of ether oxygens (including phenoxy) is 1. The zero-order chi connectivity index (χ0) is 26.0. The molecule has 37 heavy (non-hydrogen) atoms. The minimum Gasteiger partial charge on any atom is -0.478 e. The minimum absolute atomic E-state index is 0.362. The molecule has 5 aromatic rings. The van der Waals surface area contributed by atoms with Crippen LogP contribution >= 0.6 is 0 Å². The number of Topliss-reactive ketones (excluding diaryl/α,β-unsaturated/α-hetero) is 1. The predicted octanol–water partition coefficient (Wildman–Crippen LogP) is 6.61. The lowest BCUT2D eigenvalue weighted by Crippen LogP contribution is -2.24. The van der Waals surface area contributed by atoms with Crippen LogP contribution < -0.4 is 10.1 Å². The second-order valence-corrected chi connectivity index (χ2v) is 8.43. The van der Waals surface area contributed by atoms with Crippen molar-refractivity contribution in [2.24, 2.45) is 0 Å². The third-order valence-electron chi connectivity index (χ3n) is 5.59. The number of pyridine rings is 2. The molecule has 1 amide bonds.